The third-order valence-electron chi connectivity index (χ3n) is 5.18. The summed E-state index contributed by atoms with van der Waals surface area (Å²) in [6.07, 6.45) is 1.71. The lowest BCUT2D eigenvalue weighted by Gasteiger charge is -2.35. The van der Waals surface area contributed by atoms with Gasteiger partial charge in [-0.2, -0.15) is 0 Å². The third kappa shape index (κ3) is 5.66. The van der Waals surface area contributed by atoms with Gasteiger partial charge in [0.2, 0.25) is 0 Å². The van der Waals surface area contributed by atoms with Crippen LogP contribution < -0.4 is 5.32 Å². The van der Waals surface area contributed by atoms with Gasteiger partial charge in [0.05, 0.1) is 24.8 Å². The van der Waals surface area contributed by atoms with E-state index in [0.717, 1.165) is 23.5 Å². The van der Waals surface area contributed by atoms with Crippen LogP contribution in [0.1, 0.15) is 22.0 Å². The van der Waals surface area contributed by atoms with Crippen LogP contribution in [-0.4, -0.2) is 48.6 Å². The minimum atomic E-state index is -0.142. The van der Waals surface area contributed by atoms with Crippen LogP contribution >= 0.6 is 23.4 Å². The van der Waals surface area contributed by atoms with Crippen LogP contribution in [0.25, 0.3) is 0 Å². The first-order valence-corrected chi connectivity index (χ1v) is 11.4. The first-order valence-electron chi connectivity index (χ1n) is 10.2. The predicted molar refractivity (Wildman–Crippen MR) is 124 cm³/mol. The molecular weight excluding hydrogens is 430 g/mol. The fourth-order valence-corrected chi connectivity index (χ4v) is 4.76. The van der Waals surface area contributed by atoms with Gasteiger partial charge in [0.1, 0.15) is 5.03 Å². The molecule has 1 N–H and O–H groups in total. The molecular formula is C24H24ClN3O2S. The van der Waals surface area contributed by atoms with Crippen molar-refractivity contribution < 1.29 is 9.53 Å². The molecule has 1 aliphatic rings. The predicted octanol–water partition coefficient (Wildman–Crippen LogP) is 4.69. The van der Waals surface area contributed by atoms with Crippen molar-refractivity contribution in [2.75, 3.05) is 32.8 Å². The Labute approximate surface area is 191 Å². The van der Waals surface area contributed by atoms with E-state index < -0.39 is 0 Å². The Morgan fingerprint density at radius 3 is 2.58 bits per heavy atom. The number of benzene rings is 2. The van der Waals surface area contributed by atoms with Crippen molar-refractivity contribution in [3.05, 3.63) is 89.1 Å². The van der Waals surface area contributed by atoms with E-state index in [2.05, 4.69) is 15.2 Å². The summed E-state index contributed by atoms with van der Waals surface area (Å²) in [7, 11) is 0. The van der Waals surface area contributed by atoms with Gasteiger partial charge in [-0.25, -0.2) is 4.98 Å². The molecule has 1 atom stereocenters. The maximum absolute atomic E-state index is 13.1. The zero-order valence-electron chi connectivity index (χ0n) is 17.0. The van der Waals surface area contributed by atoms with Gasteiger partial charge in [-0.1, -0.05) is 59.8 Å². The number of ether oxygens (including phenoxy) is 1. The second-order valence-electron chi connectivity index (χ2n) is 7.17. The molecule has 1 fully saturated rings. The zero-order chi connectivity index (χ0) is 21.5. The Balaban J connectivity index is 1.51. The number of halogens is 1. The van der Waals surface area contributed by atoms with E-state index in [1.807, 2.05) is 60.7 Å². The molecule has 2 heterocycles. The summed E-state index contributed by atoms with van der Waals surface area (Å²) < 4.78 is 5.51. The monoisotopic (exact) mass is 453 g/mol. The van der Waals surface area contributed by atoms with Crippen LogP contribution in [0.3, 0.4) is 0 Å². The van der Waals surface area contributed by atoms with Gasteiger partial charge in [-0.05, 0) is 35.9 Å². The Bertz CT molecular complexity index is 1010. The smallest absolute Gasteiger partial charge is 0.254 e. The summed E-state index contributed by atoms with van der Waals surface area (Å²) in [5.74, 6) is -0.142. The molecule has 5 nitrogen and oxygen atoms in total. The van der Waals surface area contributed by atoms with Crippen molar-refractivity contribution >= 4 is 29.3 Å². The molecule has 0 radical (unpaired) electrons. The molecule has 2 aromatic carbocycles. The molecule has 0 spiro atoms. The second kappa shape index (κ2) is 10.8. The highest BCUT2D eigenvalue weighted by molar-refractivity contribution is 7.99. The fourth-order valence-electron chi connectivity index (χ4n) is 3.60. The van der Waals surface area contributed by atoms with Gasteiger partial charge >= 0.3 is 0 Å². The Morgan fingerprint density at radius 1 is 1.06 bits per heavy atom. The summed E-state index contributed by atoms with van der Waals surface area (Å²) in [5.41, 5.74) is 1.58. The lowest BCUT2D eigenvalue weighted by Crippen LogP contribution is -2.44. The third-order valence-corrected chi connectivity index (χ3v) is 6.55. The molecule has 0 bridgehead atoms. The number of aromatic nitrogens is 1. The molecule has 3 aromatic rings. The normalized spacial score (nSPS) is 15.4. The minimum absolute atomic E-state index is 0.0246. The van der Waals surface area contributed by atoms with E-state index in [1.54, 1.807) is 12.3 Å². The number of nitrogens with zero attached hydrogens (tertiary/aromatic N) is 2. The van der Waals surface area contributed by atoms with E-state index in [4.69, 9.17) is 16.3 Å². The first-order chi connectivity index (χ1) is 15.2. The highest BCUT2D eigenvalue weighted by Crippen LogP contribution is 2.30. The number of carbonyl (C=O) groups is 1. The average Bonchev–Trinajstić information content (AvgIpc) is 2.82. The highest BCUT2D eigenvalue weighted by Gasteiger charge is 2.25. The van der Waals surface area contributed by atoms with Crippen molar-refractivity contribution in [2.45, 2.75) is 16.0 Å². The topological polar surface area (TPSA) is 54.5 Å². The quantitative estimate of drug-likeness (QED) is 0.562. The minimum Gasteiger partial charge on any atom is -0.379 e. The SMILES string of the molecule is O=C(NCC(c1ccccc1Cl)N1CCOCC1)c1cccnc1Sc1ccccc1. The number of pyridine rings is 1. The Kier molecular flexibility index (Phi) is 7.59. The lowest BCUT2D eigenvalue weighted by molar-refractivity contribution is 0.0162. The van der Waals surface area contributed by atoms with Crippen LogP contribution in [0.15, 0.2) is 82.8 Å². The molecule has 160 valence electrons. The van der Waals surface area contributed by atoms with Gasteiger partial charge < -0.3 is 10.1 Å². The zero-order valence-corrected chi connectivity index (χ0v) is 18.6. The fraction of sp³-hybridized carbons (Fsp3) is 0.250. The van der Waals surface area contributed by atoms with Crippen molar-refractivity contribution in [3.8, 4) is 0 Å². The Morgan fingerprint density at radius 2 is 1.81 bits per heavy atom. The Hall–Kier alpha value is -2.38. The number of hydrogen-bond acceptors (Lipinski definition) is 5. The number of rotatable bonds is 7. The van der Waals surface area contributed by atoms with E-state index >= 15 is 0 Å². The summed E-state index contributed by atoms with van der Waals surface area (Å²) in [6.45, 7) is 3.40. The largest absolute Gasteiger partial charge is 0.379 e. The van der Waals surface area contributed by atoms with Crippen LogP contribution in [0.4, 0.5) is 0 Å². The first kappa shape index (κ1) is 21.8. The number of hydrogen-bond donors (Lipinski definition) is 1. The van der Waals surface area contributed by atoms with Gasteiger partial charge in [0, 0.05) is 35.7 Å². The number of nitrogens with one attached hydrogen (secondary N) is 1. The highest BCUT2D eigenvalue weighted by atomic mass is 35.5. The maximum atomic E-state index is 13.1. The molecule has 1 aromatic heterocycles. The van der Waals surface area contributed by atoms with Gasteiger partial charge in [0.15, 0.2) is 0 Å². The molecule has 1 unspecified atom stereocenters. The van der Waals surface area contributed by atoms with E-state index in [0.29, 0.717) is 35.4 Å². The summed E-state index contributed by atoms with van der Waals surface area (Å²) in [5, 5.41) is 4.51. The molecule has 1 amide bonds. The van der Waals surface area contributed by atoms with E-state index in [-0.39, 0.29) is 11.9 Å². The summed E-state index contributed by atoms with van der Waals surface area (Å²) in [6, 6.07) is 21.3. The van der Waals surface area contributed by atoms with Gasteiger partial charge in [-0.15, -0.1) is 0 Å². The van der Waals surface area contributed by atoms with Crippen molar-refractivity contribution in [1.29, 1.82) is 0 Å². The molecule has 31 heavy (non-hydrogen) atoms. The van der Waals surface area contributed by atoms with E-state index in [9.17, 15) is 4.79 Å². The molecule has 1 aliphatic heterocycles. The lowest BCUT2D eigenvalue weighted by atomic mass is 10.0. The second-order valence-corrected chi connectivity index (χ2v) is 8.64. The van der Waals surface area contributed by atoms with Crippen LogP contribution in [0.2, 0.25) is 5.02 Å². The van der Waals surface area contributed by atoms with E-state index in [1.165, 1.54) is 11.8 Å². The number of carbonyl (C=O) groups excluding carboxylic acids is 1. The molecule has 7 heteroatoms. The summed E-state index contributed by atoms with van der Waals surface area (Å²) in [4.78, 5) is 20.9. The van der Waals surface area contributed by atoms with Gasteiger partial charge in [-0.3, -0.25) is 9.69 Å². The van der Waals surface area contributed by atoms with Crippen molar-refractivity contribution in [3.63, 3.8) is 0 Å². The molecule has 1 saturated heterocycles. The average molecular weight is 454 g/mol. The van der Waals surface area contributed by atoms with Gasteiger partial charge in [0.25, 0.3) is 5.91 Å². The summed E-state index contributed by atoms with van der Waals surface area (Å²) >= 11 is 7.99. The molecule has 0 saturated carbocycles. The number of amides is 1. The molecule has 4 rings (SSSR count). The van der Waals surface area contributed by atoms with Crippen molar-refractivity contribution in [2.24, 2.45) is 0 Å². The van der Waals surface area contributed by atoms with Crippen LogP contribution in [0.5, 0.6) is 0 Å². The molecule has 0 aliphatic carbocycles. The van der Waals surface area contributed by atoms with Crippen LogP contribution in [-0.2, 0) is 4.74 Å². The standard InChI is InChI=1S/C24H24ClN3O2S/c25-21-11-5-4-9-19(21)22(28-13-15-30-16-14-28)17-27-23(29)20-10-6-12-26-24(20)31-18-7-2-1-3-8-18/h1-12,22H,13-17H2,(H,27,29). The van der Waals surface area contributed by atoms with Crippen molar-refractivity contribution in [1.82, 2.24) is 15.2 Å². The van der Waals surface area contributed by atoms with Crippen LogP contribution in [0, 0.1) is 0 Å². The maximum Gasteiger partial charge on any atom is 0.254 e. The number of morpholine rings is 1.